The number of alkyl carbamates (subject to hydrolysis) is 1. The average molecular weight is 325 g/mol. The number of carbonyl (C=O) groups is 1. The van der Waals surface area contributed by atoms with Crippen LogP contribution < -0.4 is 5.32 Å². The predicted molar refractivity (Wildman–Crippen MR) is 88.9 cm³/mol. The third-order valence-corrected chi connectivity index (χ3v) is 3.72. The molecule has 1 rings (SSSR count). The van der Waals surface area contributed by atoms with E-state index >= 15 is 0 Å². The van der Waals surface area contributed by atoms with Crippen molar-refractivity contribution < 1.29 is 19.0 Å². The van der Waals surface area contributed by atoms with Crippen molar-refractivity contribution in [1.82, 2.24) is 5.32 Å². The summed E-state index contributed by atoms with van der Waals surface area (Å²) < 4.78 is 18.8. The second-order valence-electron chi connectivity index (χ2n) is 6.91. The summed E-state index contributed by atoms with van der Waals surface area (Å²) >= 11 is 0. The van der Waals surface area contributed by atoms with Crippen LogP contribution in [0.25, 0.3) is 0 Å². The number of benzene rings is 1. The number of nitrogens with one attached hydrogen (secondary N) is 1. The lowest BCUT2D eigenvalue weighted by Crippen LogP contribution is -2.45. The van der Waals surface area contributed by atoms with Crippen LogP contribution in [-0.2, 0) is 10.2 Å². The molecule has 1 amide bonds. The molecule has 130 valence electrons. The summed E-state index contributed by atoms with van der Waals surface area (Å²) in [7, 11) is 0. The molecule has 0 fully saturated rings. The van der Waals surface area contributed by atoms with Crippen LogP contribution in [0.15, 0.2) is 24.3 Å². The van der Waals surface area contributed by atoms with Crippen molar-refractivity contribution in [3.63, 3.8) is 0 Å². The highest BCUT2D eigenvalue weighted by molar-refractivity contribution is 5.67. The Balaban J connectivity index is 2.93. The standard InChI is InChI=1S/C18H28FNO3/c1-5-6-10-18(13-21,14-8-7-9-15(19)11-14)12-20-16(22)23-17(2,3)4/h7-9,11,21H,5-6,10,12-13H2,1-4H3,(H,20,22). The quantitative estimate of drug-likeness (QED) is 0.802. The Bertz CT molecular complexity index is 513. The van der Waals surface area contributed by atoms with Crippen molar-refractivity contribution in [3.8, 4) is 0 Å². The smallest absolute Gasteiger partial charge is 0.407 e. The van der Waals surface area contributed by atoms with E-state index in [4.69, 9.17) is 4.74 Å². The van der Waals surface area contributed by atoms with Crippen molar-refractivity contribution in [2.75, 3.05) is 13.2 Å². The molecule has 0 saturated carbocycles. The number of unbranched alkanes of at least 4 members (excludes halogenated alkanes) is 1. The van der Waals surface area contributed by atoms with E-state index in [1.165, 1.54) is 12.1 Å². The molecule has 0 aliphatic heterocycles. The summed E-state index contributed by atoms with van der Waals surface area (Å²) in [6.07, 6.45) is 1.93. The van der Waals surface area contributed by atoms with Crippen LogP contribution in [0.4, 0.5) is 9.18 Å². The molecule has 23 heavy (non-hydrogen) atoms. The van der Waals surface area contributed by atoms with Gasteiger partial charge in [0, 0.05) is 12.0 Å². The van der Waals surface area contributed by atoms with Crippen LogP contribution in [0.2, 0.25) is 0 Å². The highest BCUT2D eigenvalue weighted by Crippen LogP contribution is 2.30. The fraction of sp³-hybridized carbons (Fsp3) is 0.611. The zero-order chi connectivity index (χ0) is 17.5. The van der Waals surface area contributed by atoms with Crippen LogP contribution in [0.5, 0.6) is 0 Å². The van der Waals surface area contributed by atoms with E-state index in [-0.39, 0.29) is 19.0 Å². The van der Waals surface area contributed by atoms with Gasteiger partial charge in [0.1, 0.15) is 11.4 Å². The van der Waals surface area contributed by atoms with Gasteiger partial charge in [0.15, 0.2) is 0 Å². The minimum absolute atomic E-state index is 0.174. The summed E-state index contributed by atoms with van der Waals surface area (Å²) in [5.74, 6) is -0.353. The van der Waals surface area contributed by atoms with Gasteiger partial charge in [-0.15, -0.1) is 0 Å². The molecule has 1 unspecified atom stereocenters. The zero-order valence-electron chi connectivity index (χ0n) is 14.5. The summed E-state index contributed by atoms with van der Waals surface area (Å²) in [6.45, 7) is 7.43. The number of aliphatic hydroxyl groups is 1. The minimum Gasteiger partial charge on any atom is -0.444 e. The van der Waals surface area contributed by atoms with Crippen LogP contribution in [0.1, 0.15) is 52.5 Å². The third kappa shape index (κ3) is 6.18. The monoisotopic (exact) mass is 325 g/mol. The van der Waals surface area contributed by atoms with Crippen molar-refractivity contribution in [1.29, 1.82) is 0 Å². The van der Waals surface area contributed by atoms with E-state index in [1.807, 2.05) is 0 Å². The van der Waals surface area contributed by atoms with Crippen LogP contribution in [-0.4, -0.2) is 30.0 Å². The predicted octanol–water partition coefficient (Wildman–Crippen LogP) is 3.77. The largest absolute Gasteiger partial charge is 0.444 e. The first-order valence-corrected chi connectivity index (χ1v) is 8.06. The lowest BCUT2D eigenvalue weighted by molar-refractivity contribution is 0.0500. The minimum atomic E-state index is -0.713. The fourth-order valence-corrected chi connectivity index (χ4v) is 2.45. The average Bonchev–Trinajstić information content (AvgIpc) is 2.46. The molecule has 2 N–H and O–H groups in total. The topological polar surface area (TPSA) is 58.6 Å². The number of hydrogen-bond donors (Lipinski definition) is 2. The van der Waals surface area contributed by atoms with Crippen LogP contribution in [0.3, 0.4) is 0 Å². The van der Waals surface area contributed by atoms with Gasteiger partial charge in [-0.25, -0.2) is 9.18 Å². The van der Waals surface area contributed by atoms with Crippen molar-refractivity contribution >= 4 is 6.09 Å². The first kappa shape index (κ1) is 19.4. The van der Waals surface area contributed by atoms with Gasteiger partial charge in [-0.05, 0) is 44.9 Å². The molecule has 0 bridgehead atoms. The Morgan fingerprint density at radius 2 is 2.04 bits per heavy atom. The second-order valence-corrected chi connectivity index (χ2v) is 6.91. The molecule has 0 aliphatic carbocycles. The Labute approximate surface area is 138 Å². The molecule has 0 spiro atoms. The highest BCUT2D eigenvalue weighted by atomic mass is 19.1. The molecule has 5 heteroatoms. The second kappa shape index (κ2) is 8.29. The Morgan fingerprint density at radius 3 is 2.57 bits per heavy atom. The first-order chi connectivity index (χ1) is 10.7. The molecule has 0 radical (unpaired) electrons. The number of aliphatic hydroxyl groups excluding tert-OH is 1. The van der Waals surface area contributed by atoms with Crippen LogP contribution >= 0.6 is 0 Å². The molecule has 1 aromatic rings. The number of amides is 1. The molecule has 1 atom stereocenters. The first-order valence-electron chi connectivity index (χ1n) is 8.06. The maximum absolute atomic E-state index is 13.6. The van der Waals surface area contributed by atoms with Gasteiger partial charge >= 0.3 is 6.09 Å². The number of ether oxygens (including phenoxy) is 1. The third-order valence-electron chi connectivity index (χ3n) is 3.72. The van der Waals surface area contributed by atoms with Gasteiger partial charge in [0.2, 0.25) is 0 Å². The van der Waals surface area contributed by atoms with Crippen molar-refractivity contribution in [3.05, 3.63) is 35.6 Å². The Kier molecular flexibility index (Phi) is 7.01. The van der Waals surface area contributed by atoms with Gasteiger partial charge in [0.25, 0.3) is 0 Å². The lowest BCUT2D eigenvalue weighted by Gasteiger charge is -2.33. The number of hydrogen-bond acceptors (Lipinski definition) is 3. The van der Waals surface area contributed by atoms with Gasteiger partial charge in [-0.1, -0.05) is 31.9 Å². The van der Waals surface area contributed by atoms with Gasteiger partial charge in [0.05, 0.1) is 6.61 Å². The number of halogens is 1. The SMILES string of the molecule is CCCCC(CO)(CNC(=O)OC(C)(C)C)c1cccc(F)c1. The molecular weight excluding hydrogens is 297 g/mol. The van der Waals surface area contributed by atoms with Crippen LogP contribution in [0, 0.1) is 5.82 Å². The summed E-state index contributed by atoms with van der Waals surface area (Å²) in [4.78, 5) is 11.9. The van der Waals surface area contributed by atoms with Gasteiger partial charge in [-0.2, -0.15) is 0 Å². The van der Waals surface area contributed by atoms with Gasteiger partial charge < -0.3 is 15.2 Å². The van der Waals surface area contributed by atoms with E-state index in [2.05, 4.69) is 12.2 Å². The van der Waals surface area contributed by atoms with E-state index in [9.17, 15) is 14.3 Å². The summed E-state index contributed by atoms with van der Waals surface area (Å²) in [6, 6.07) is 6.19. The molecule has 0 aliphatic rings. The van der Waals surface area contributed by atoms with Gasteiger partial charge in [-0.3, -0.25) is 0 Å². The van der Waals surface area contributed by atoms with E-state index < -0.39 is 17.1 Å². The Morgan fingerprint density at radius 1 is 1.35 bits per heavy atom. The number of carbonyl (C=O) groups excluding carboxylic acids is 1. The normalized spacial score (nSPS) is 14.2. The number of rotatable bonds is 7. The maximum atomic E-state index is 13.6. The molecular formula is C18H28FNO3. The maximum Gasteiger partial charge on any atom is 0.407 e. The van der Waals surface area contributed by atoms with E-state index in [0.29, 0.717) is 12.0 Å². The fourth-order valence-electron chi connectivity index (χ4n) is 2.45. The Hall–Kier alpha value is -1.62. The molecule has 1 aromatic carbocycles. The lowest BCUT2D eigenvalue weighted by atomic mass is 9.77. The van der Waals surface area contributed by atoms with Crippen molar-refractivity contribution in [2.24, 2.45) is 0 Å². The molecule has 0 saturated heterocycles. The van der Waals surface area contributed by atoms with E-state index in [0.717, 1.165) is 12.8 Å². The summed E-state index contributed by atoms with van der Waals surface area (Å²) in [5.41, 5.74) is -0.618. The van der Waals surface area contributed by atoms with Crippen molar-refractivity contribution in [2.45, 2.75) is 58.0 Å². The molecule has 4 nitrogen and oxygen atoms in total. The molecule has 0 aromatic heterocycles. The highest BCUT2D eigenvalue weighted by Gasteiger charge is 2.32. The zero-order valence-corrected chi connectivity index (χ0v) is 14.5. The summed E-state index contributed by atoms with van der Waals surface area (Å²) in [5, 5.41) is 12.7. The molecule has 0 heterocycles. The van der Waals surface area contributed by atoms with E-state index in [1.54, 1.807) is 32.9 Å².